The van der Waals surface area contributed by atoms with Crippen LogP contribution >= 0.6 is 0 Å². The SMILES string of the molecule is Cc1ccc(OC(F)F)c(C(=O)COC(C)C)c1. The van der Waals surface area contributed by atoms with Gasteiger partial charge in [0.15, 0.2) is 5.78 Å². The number of halogens is 2. The fourth-order valence-electron chi connectivity index (χ4n) is 1.38. The monoisotopic (exact) mass is 258 g/mol. The number of alkyl halides is 2. The van der Waals surface area contributed by atoms with Gasteiger partial charge in [0, 0.05) is 0 Å². The van der Waals surface area contributed by atoms with Gasteiger partial charge in [-0.3, -0.25) is 4.79 Å². The topological polar surface area (TPSA) is 35.5 Å². The van der Waals surface area contributed by atoms with Crippen LogP contribution in [0.1, 0.15) is 29.8 Å². The van der Waals surface area contributed by atoms with Crippen molar-refractivity contribution in [2.45, 2.75) is 33.5 Å². The summed E-state index contributed by atoms with van der Waals surface area (Å²) in [7, 11) is 0. The highest BCUT2D eigenvalue weighted by atomic mass is 19.3. The van der Waals surface area contributed by atoms with Gasteiger partial charge in [0.2, 0.25) is 0 Å². The van der Waals surface area contributed by atoms with E-state index >= 15 is 0 Å². The molecule has 0 fully saturated rings. The first-order chi connectivity index (χ1) is 8.40. The van der Waals surface area contributed by atoms with E-state index < -0.39 is 6.61 Å². The van der Waals surface area contributed by atoms with Crippen LogP contribution in [0.2, 0.25) is 0 Å². The van der Waals surface area contributed by atoms with Crippen LogP contribution in [0.3, 0.4) is 0 Å². The fourth-order valence-corrected chi connectivity index (χ4v) is 1.38. The van der Waals surface area contributed by atoms with Crippen LogP contribution in [0.25, 0.3) is 0 Å². The summed E-state index contributed by atoms with van der Waals surface area (Å²) < 4.78 is 33.9. The van der Waals surface area contributed by atoms with Crippen LogP contribution < -0.4 is 4.74 Å². The summed E-state index contributed by atoms with van der Waals surface area (Å²) in [6.45, 7) is 2.25. The largest absolute Gasteiger partial charge is 0.434 e. The van der Waals surface area contributed by atoms with E-state index in [4.69, 9.17) is 4.74 Å². The number of ketones is 1. The molecule has 18 heavy (non-hydrogen) atoms. The Morgan fingerprint density at radius 1 is 1.33 bits per heavy atom. The van der Waals surface area contributed by atoms with E-state index in [0.29, 0.717) is 0 Å². The highest BCUT2D eigenvalue weighted by Gasteiger charge is 2.16. The molecule has 0 atom stereocenters. The first kappa shape index (κ1) is 14.6. The fraction of sp³-hybridized carbons (Fsp3) is 0.462. The average molecular weight is 258 g/mol. The van der Waals surface area contributed by atoms with Gasteiger partial charge in [-0.25, -0.2) is 0 Å². The van der Waals surface area contributed by atoms with Crippen molar-refractivity contribution in [3.05, 3.63) is 29.3 Å². The summed E-state index contributed by atoms with van der Waals surface area (Å²) in [5.41, 5.74) is 0.917. The number of hydrogen-bond acceptors (Lipinski definition) is 3. The molecule has 0 saturated carbocycles. The predicted octanol–water partition coefficient (Wildman–Crippen LogP) is 3.20. The molecule has 1 rings (SSSR count). The number of hydrogen-bond donors (Lipinski definition) is 0. The summed E-state index contributed by atoms with van der Waals surface area (Å²) in [5.74, 6) is -0.490. The Balaban J connectivity index is 2.90. The Labute approximate surface area is 105 Å². The minimum Gasteiger partial charge on any atom is -0.434 e. The number of carbonyl (C=O) groups excluding carboxylic acids is 1. The van der Waals surface area contributed by atoms with E-state index in [1.165, 1.54) is 12.1 Å². The summed E-state index contributed by atoms with van der Waals surface area (Å²) in [6.07, 6.45) is -0.0989. The lowest BCUT2D eigenvalue weighted by Crippen LogP contribution is -2.15. The maximum atomic E-state index is 12.2. The van der Waals surface area contributed by atoms with E-state index in [1.807, 2.05) is 0 Å². The first-order valence-corrected chi connectivity index (χ1v) is 5.60. The number of benzene rings is 1. The minimum absolute atomic E-state index is 0.0989. The summed E-state index contributed by atoms with van der Waals surface area (Å²) in [5, 5.41) is 0. The molecule has 3 nitrogen and oxygen atoms in total. The zero-order valence-electron chi connectivity index (χ0n) is 10.6. The van der Waals surface area contributed by atoms with Gasteiger partial charge < -0.3 is 9.47 Å². The second-order valence-electron chi connectivity index (χ2n) is 4.16. The van der Waals surface area contributed by atoms with Gasteiger partial charge in [0.1, 0.15) is 12.4 Å². The molecule has 5 heteroatoms. The van der Waals surface area contributed by atoms with Gasteiger partial charge in [0.05, 0.1) is 11.7 Å². The number of ether oxygens (including phenoxy) is 2. The van der Waals surface area contributed by atoms with E-state index in [2.05, 4.69) is 4.74 Å². The molecule has 0 spiro atoms. The molecule has 0 amide bonds. The van der Waals surface area contributed by atoms with Crippen molar-refractivity contribution in [2.24, 2.45) is 0 Å². The van der Waals surface area contributed by atoms with Gasteiger partial charge in [-0.2, -0.15) is 8.78 Å². The normalized spacial score (nSPS) is 11.1. The third-order valence-electron chi connectivity index (χ3n) is 2.20. The third-order valence-corrected chi connectivity index (χ3v) is 2.20. The minimum atomic E-state index is -2.95. The van der Waals surface area contributed by atoms with Gasteiger partial charge in [-0.1, -0.05) is 11.6 Å². The Morgan fingerprint density at radius 3 is 2.56 bits per heavy atom. The Hall–Kier alpha value is -1.49. The van der Waals surface area contributed by atoms with Crippen LogP contribution in [0, 0.1) is 6.92 Å². The number of aryl methyl sites for hydroxylation is 1. The van der Waals surface area contributed by atoms with E-state index in [9.17, 15) is 13.6 Å². The molecular weight excluding hydrogens is 242 g/mol. The number of carbonyl (C=O) groups is 1. The van der Waals surface area contributed by atoms with Crippen LogP contribution in [0.4, 0.5) is 8.78 Å². The van der Waals surface area contributed by atoms with Gasteiger partial charge in [0.25, 0.3) is 0 Å². The maximum Gasteiger partial charge on any atom is 0.387 e. The maximum absolute atomic E-state index is 12.2. The molecule has 0 radical (unpaired) electrons. The smallest absolute Gasteiger partial charge is 0.387 e. The second-order valence-corrected chi connectivity index (χ2v) is 4.16. The van der Waals surface area contributed by atoms with Crippen LogP contribution in [0.15, 0.2) is 18.2 Å². The zero-order valence-corrected chi connectivity index (χ0v) is 10.6. The molecule has 0 aliphatic carbocycles. The lowest BCUT2D eigenvalue weighted by Gasteiger charge is -2.12. The van der Waals surface area contributed by atoms with Crippen molar-refractivity contribution in [3.8, 4) is 5.75 Å². The summed E-state index contributed by atoms with van der Waals surface area (Å²) in [6, 6.07) is 4.49. The molecule has 0 N–H and O–H groups in total. The van der Waals surface area contributed by atoms with Crippen molar-refractivity contribution in [1.29, 1.82) is 0 Å². The Kier molecular flexibility index (Phi) is 5.22. The van der Waals surface area contributed by atoms with E-state index in [0.717, 1.165) is 5.56 Å². The first-order valence-electron chi connectivity index (χ1n) is 5.60. The highest BCUT2D eigenvalue weighted by Crippen LogP contribution is 2.22. The molecule has 0 bridgehead atoms. The molecule has 0 aromatic heterocycles. The quantitative estimate of drug-likeness (QED) is 0.735. The van der Waals surface area contributed by atoms with Crippen molar-refractivity contribution < 1.29 is 23.0 Å². The second kappa shape index (κ2) is 6.44. The molecule has 0 saturated heterocycles. The molecule has 0 heterocycles. The van der Waals surface area contributed by atoms with Crippen LogP contribution in [0.5, 0.6) is 5.75 Å². The standard InChI is InChI=1S/C13H16F2O3/c1-8(2)17-7-11(16)10-6-9(3)4-5-12(10)18-13(14)15/h4-6,8,13H,7H2,1-3H3. The third kappa shape index (κ3) is 4.41. The molecule has 0 aliphatic rings. The van der Waals surface area contributed by atoms with Crippen LogP contribution in [-0.2, 0) is 4.74 Å². The molecule has 0 aliphatic heterocycles. The van der Waals surface area contributed by atoms with Crippen molar-refractivity contribution in [2.75, 3.05) is 6.61 Å². The van der Waals surface area contributed by atoms with E-state index in [-0.39, 0.29) is 29.8 Å². The van der Waals surface area contributed by atoms with Crippen molar-refractivity contribution in [1.82, 2.24) is 0 Å². The van der Waals surface area contributed by atoms with Gasteiger partial charge >= 0.3 is 6.61 Å². The summed E-state index contributed by atoms with van der Waals surface area (Å²) in [4.78, 5) is 11.9. The van der Waals surface area contributed by atoms with Gasteiger partial charge in [-0.15, -0.1) is 0 Å². The molecular formula is C13H16F2O3. The Bertz CT molecular complexity index is 417. The average Bonchev–Trinajstić information content (AvgIpc) is 2.27. The number of Topliss-reactive ketones (excluding diaryl/α,β-unsaturated/α-hetero) is 1. The lowest BCUT2D eigenvalue weighted by molar-refractivity contribution is -0.0502. The number of rotatable bonds is 6. The Morgan fingerprint density at radius 2 is 2.00 bits per heavy atom. The van der Waals surface area contributed by atoms with E-state index in [1.54, 1.807) is 26.8 Å². The zero-order chi connectivity index (χ0) is 13.7. The molecule has 1 aromatic carbocycles. The molecule has 0 unspecified atom stereocenters. The van der Waals surface area contributed by atoms with Crippen molar-refractivity contribution in [3.63, 3.8) is 0 Å². The lowest BCUT2D eigenvalue weighted by atomic mass is 10.1. The van der Waals surface area contributed by atoms with Crippen molar-refractivity contribution >= 4 is 5.78 Å². The molecule has 100 valence electrons. The van der Waals surface area contributed by atoms with Crippen LogP contribution in [-0.4, -0.2) is 25.1 Å². The summed E-state index contributed by atoms with van der Waals surface area (Å²) >= 11 is 0. The predicted molar refractivity (Wildman–Crippen MR) is 63.2 cm³/mol. The van der Waals surface area contributed by atoms with Gasteiger partial charge in [-0.05, 0) is 32.9 Å². The highest BCUT2D eigenvalue weighted by molar-refractivity contribution is 5.99. The molecule has 1 aromatic rings.